The summed E-state index contributed by atoms with van der Waals surface area (Å²) in [6.07, 6.45) is 6.88. The number of hydrogen-bond acceptors (Lipinski definition) is 2. The molecule has 0 amide bonds. The van der Waals surface area contributed by atoms with Crippen LogP contribution in [-0.4, -0.2) is 29.9 Å². The van der Waals surface area contributed by atoms with Gasteiger partial charge in [-0.2, -0.15) is 0 Å². The second-order valence-electron chi connectivity index (χ2n) is 4.82. The first-order valence-corrected chi connectivity index (χ1v) is 6.64. The average molecular weight is 227 g/mol. The molecule has 0 heterocycles. The predicted octanol–water partition coefficient (Wildman–Crippen LogP) is 2.99. The summed E-state index contributed by atoms with van der Waals surface area (Å²) in [5.74, 6) is 0.321. The summed E-state index contributed by atoms with van der Waals surface area (Å²) in [6, 6.07) is 0.634. The molecule has 0 rings (SSSR count). The van der Waals surface area contributed by atoms with Crippen molar-refractivity contribution < 1.29 is 0 Å². The van der Waals surface area contributed by atoms with E-state index < -0.39 is 0 Å². The number of nitrogens with two attached hydrogens (primary N) is 1. The quantitative estimate of drug-likeness (QED) is 0.342. The molecule has 0 unspecified atom stereocenters. The van der Waals surface area contributed by atoms with E-state index in [1.165, 1.54) is 25.8 Å². The zero-order valence-corrected chi connectivity index (χ0v) is 11.3. The Bertz CT molecular complexity index is 178. The monoisotopic (exact) mass is 227 g/mol. The third-order valence-corrected chi connectivity index (χ3v) is 2.92. The van der Waals surface area contributed by atoms with Gasteiger partial charge in [0.05, 0.1) is 5.84 Å². The Kier molecular flexibility index (Phi) is 9.30. The second kappa shape index (κ2) is 9.64. The maximum absolute atomic E-state index is 7.16. The highest BCUT2D eigenvalue weighted by Crippen LogP contribution is 2.06. The molecule has 0 saturated heterocycles. The highest BCUT2D eigenvalue weighted by atomic mass is 15.1. The van der Waals surface area contributed by atoms with Crippen molar-refractivity contribution in [2.75, 3.05) is 13.1 Å². The van der Waals surface area contributed by atoms with Gasteiger partial charge in [0.25, 0.3) is 0 Å². The fourth-order valence-corrected chi connectivity index (χ4v) is 1.82. The molecule has 0 radical (unpaired) electrons. The van der Waals surface area contributed by atoms with Crippen molar-refractivity contribution >= 4 is 5.84 Å². The summed E-state index contributed by atoms with van der Waals surface area (Å²) in [5, 5.41) is 7.16. The molecular weight excluding hydrogens is 198 g/mol. The number of unbranched alkanes of at least 4 members (excludes halogenated alkanes) is 3. The van der Waals surface area contributed by atoms with E-state index in [2.05, 4.69) is 25.7 Å². The van der Waals surface area contributed by atoms with Gasteiger partial charge in [-0.15, -0.1) is 0 Å². The lowest BCUT2D eigenvalue weighted by Crippen LogP contribution is -2.32. The third-order valence-electron chi connectivity index (χ3n) is 2.92. The fraction of sp³-hybridized carbons (Fsp3) is 0.923. The highest BCUT2D eigenvalue weighted by Gasteiger charge is 2.08. The van der Waals surface area contributed by atoms with E-state index in [9.17, 15) is 0 Å². The average Bonchev–Trinajstić information content (AvgIpc) is 2.21. The molecule has 3 nitrogen and oxygen atoms in total. The maximum atomic E-state index is 7.16. The molecule has 0 aromatic rings. The van der Waals surface area contributed by atoms with Crippen LogP contribution in [0.1, 0.15) is 59.3 Å². The van der Waals surface area contributed by atoms with Gasteiger partial charge in [-0.1, -0.05) is 19.8 Å². The number of nitrogens with one attached hydrogen (secondary N) is 1. The van der Waals surface area contributed by atoms with Crippen LogP contribution in [0, 0.1) is 5.41 Å². The van der Waals surface area contributed by atoms with Crippen LogP contribution in [0.5, 0.6) is 0 Å². The van der Waals surface area contributed by atoms with Crippen LogP contribution in [0.15, 0.2) is 0 Å². The lowest BCUT2D eigenvalue weighted by Gasteiger charge is -2.26. The molecule has 3 N–H and O–H groups in total. The SMILES string of the molecule is CCCCCN(CCCCC(=N)N)C(C)C. The van der Waals surface area contributed by atoms with Gasteiger partial charge in [0, 0.05) is 12.5 Å². The topological polar surface area (TPSA) is 53.1 Å². The van der Waals surface area contributed by atoms with Crippen molar-refractivity contribution in [1.29, 1.82) is 5.41 Å². The Hall–Kier alpha value is -0.570. The zero-order chi connectivity index (χ0) is 12.4. The van der Waals surface area contributed by atoms with E-state index >= 15 is 0 Å². The second-order valence-corrected chi connectivity index (χ2v) is 4.82. The Balaban J connectivity index is 3.63. The molecule has 0 bridgehead atoms. The van der Waals surface area contributed by atoms with Crippen LogP contribution >= 0.6 is 0 Å². The van der Waals surface area contributed by atoms with E-state index in [1.807, 2.05) is 0 Å². The first-order valence-electron chi connectivity index (χ1n) is 6.64. The predicted molar refractivity (Wildman–Crippen MR) is 72.0 cm³/mol. The molecular formula is C13H29N3. The smallest absolute Gasteiger partial charge is 0.0905 e. The maximum Gasteiger partial charge on any atom is 0.0905 e. The van der Waals surface area contributed by atoms with Gasteiger partial charge in [-0.05, 0) is 46.2 Å². The van der Waals surface area contributed by atoms with Crippen LogP contribution in [0.3, 0.4) is 0 Å². The summed E-state index contributed by atoms with van der Waals surface area (Å²) in [6.45, 7) is 9.13. The highest BCUT2D eigenvalue weighted by molar-refractivity contribution is 5.76. The van der Waals surface area contributed by atoms with Crippen LogP contribution in [-0.2, 0) is 0 Å². The molecule has 0 fully saturated rings. The van der Waals surface area contributed by atoms with Crippen molar-refractivity contribution in [3.63, 3.8) is 0 Å². The van der Waals surface area contributed by atoms with Gasteiger partial charge in [-0.3, -0.25) is 5.41 Å². The zero-order valence-electron chi connectivity index (χ0n) is 11.3. The number of nitrogens with zero attached hydrogens (tertiary/aromatic N) is 1. The molecule has 0 aromatic heterocycles. The number of rotatable bonds is 10. The molecule has 0 saturated carbocycles. The van der Waals surface area contributed by atoms with Crippen molar-refractivity contribution in [3.05, 3.63) is 0 Å². The van der Waals surface area contributed by atoms with E-state index in [1.54, 1.807) is 0 Å². The van der Waals surface area contributed by atoms with Crippen molar-refractivity contribution in [3.8, 4) is 0 Å². The lowest BCUT2D eigenvalue weighted by molar-refractivity contribution is 0.213. The van der Waals surface area contributed by atoms with Crippen molar-refractivity contribution in [1.82, 2.24) is 4.90 Å². The molecule has 0 aliphatic rings. The Morgan fingerprint density at radius 2 is 1.69 bits per heavy atom. The number of hydrogen-bond donors (Lipinski definition) is 2. The molecule has 0 aromatic carbocycles. The van der Waals surface area contributed by atoms with E-state index in [4.69, 9.17) is 11.1 Å². The van der Waals surface area contributed by atoms with Gasteiger partial charge in [0.2, 0.25) is 0 Å². The molecule has 0 spiro atoms. The van der Waals surface area contributed by atoms with Gasteiger partial charge in [0.1, 0.15) is 0 Å². The van der Waals surface area contributed by atoms with Gasteiger partial charge >= 0.3 is 0 Å². The van der Waals surface area contributed by atoms with E-state index in [0.29, 0.717) is 11.9 Å². The molecule has 0 atom stereocenters. The summed E-state index contributed by atoms with van der Waals surface area (Å²) in [5.41, 5.74) is 5.34. The van der Waals surface area contributed by atoms with Crippen LogP contribution in [0.25, 0.3) is 0 Å². The summed E-state index contributed by atoms with van der Waals surface area (Å²) in [4.78, 5) is 2.54. The Labute approximate surface area is 101 Å². The van der Waals surface area contributed by atoms with Crippen molar-refractivity contribution in [2.24, 2.45) is 5.73 Å². The molecule has 16 heavy (non-hydrogen) atoms. The lowest BCUT2D eigenvalue weighted by atomic mass is 10.1. The molecule has 3 heteroatoms. The number of amidine groups is 1. The van der Waals surface area contributed by atoms with Gasteiger partial charge in [0.15, 0.2) is 0 Å². The molecule has 96 valence electrons. The van der Waals surface area contributed by atoms with Crippen LogP contribution in [0.2, 0.25) is 0 Å². The minimum Gasteiger partial charge on any atom is -0.388 e. The van der Waals surface area contributed by atoms with E-state index in [0.717, 1.165) is 25.8 Å². The van der Waals surface area contributed by atoms with Crippen LogP contribution in [0.4, 0.5) is 0 Å². The standard InChI is InChI=1S/C13H29N3/c1-4-5-7-10-16(12(2)3)11-8-6-9-13(14)15/h12H,4-11H2,1-3H3,(H3,14,15). The van der Waals surface area contributed by atoms with Gasteiger partial charge < -0.3 is 10.6 Å². The largest absolute Gasteiger partial charge is 0.388 e. The Morgan fingerprint density at radius 3 is 2.12 bits per heavy atom. The fourth-order valence-electron chi connectivity index (χ4n) is 1.82. The first-order chi connectivity index (χ1) is 7.57. The summed E-state index contributed by atoms with van der Waals surface area (Å²) < 4.78 is 0. The van der Waals surface area contributed by atoms with Gasteiger partial charge in [-0.25, -0.2) is 0 Å². The van der Waals surface area contributed by atoms with Crippen LogP contribution < -0.4 is 5.73 Å². The summed E-state index contributed by atoms with van der Waals surface area (Å²) in [7, 11) is 0. The normalized spacial score (nSPS) is 11.3. The molecule has 0 aliphatic carbocycles. The Morgan fingerprint density at radius 1 is 1.12 bits per heavy atom. The summed E-state index contributed by atoms with van der Waals surface area (Å²) >= 11 is 0. The minimum absolute atomic E-state index is 0.321. The van der Waals surface area contributed by atoms with Crippen molar-refractivity contribution in [2.45, 2.75) is 65.3 Å². The first kappa shape index (κ1) is 15.4. The molecule has 0 aliphatic heterocycles. The third kappa shape index (κ3) is 8.72. The minimum atomic E-state index is 0.321. The van der Waals surface area contributed by atoms with E-state index in [-0.39, 0.29) is 0 Å².